The first-order chi connectivity index (χ1) is 12.2. The summed E-state index contributed by atoms with van der Waals surface area (Å²) in [6.45, 7) is 4.21. The predicted molar refractivity (Wildman–Crippen MR) is 99.0 cm³/mol. The Hall–Kier alpha value is -1.92. The van der Waals surface area contributed by atoms with Crippen LogP contribution in [0.25, 0.3) is 0 Å². The van der Waals surface area contributed by atoms with Gasteiger partial charge in [0, 0.05) is 18.3 Å². The highest BCUT2D eigenvalue weighted by atomic mass is 32.1. The highest BCUT2D eigenvalue weighted by Crippen LogP contribution is 2.36. The van der Waals surface area contributed by atoms with E-state index in [1.165, 1.54) is 16.9 Å². The number of hydrogen-bond acceptors (Lipinski definition) is 5. The number of rotatable bonds is 4. The molecule has 0 spiro atoms. The van der Waals surface area contributed by atoms with Crippen LogP contribution < -0.4 is 5.32 Å². The number of hydrogen-bond donors (Lipinski definition) is 1. The number of piperidine rings is 3. The van der Waals surface area contributed by atoms with Crippen molar-refractivity contribution in [1.82, 2.24) is 9.88 Å². The van der Waals surface area contributed by atoms with Crippen molar-refractivity contribution in [3.05, 3.63) is 47.1 Å². The van der Waals surface area contributed by atoms with E-state index in [0.29, 0.717) is 5.92 Å². The van der Waals surface area contributed by atoms with E-state index in [1.54, 1.807) is 6.20 Å². The van der Waals surface area contributed by atoms with Crippen molar-refractivity contribution in [3.63, 3.8) is 0 Å². The van der Waals surface area contributed by atoms with Crippen LogP contribution in [0.1, 0.15) is 24.0 Å². The summed E-state index contributed by atoms with van der Waals surface area (Å²) in [7, 11) is 0. The van der Waals surface area contributed by atoms with Gasteiger partial charge < -0.3 is 4.74 Å². The van der Waals surface area contributed by atoms with Crippen LogP contribution in [-0.4, -0.2) is 41.2 Å². The third-order valence-corrected chi connectivity index (χ3v) is 6.22. The van der Waals surface area contributed by atoms with Gasteiger partial charge in [-0.25, -0.2) is 4.79 Å². The number of amides is 1. The van der Waals surface area contributed by atoms with Gasteiger partial charge in [-0.2, -0.15) is 0 Å². The molecular formula is C19H23N3O2S. The summed E-state index contributed by atoms with van der Waals surface area (Å²) in [6.07, 6.45) is 6.41. The summed E-state index contributed by atoms with van der Waals surface area (Å²) in [4.78, 5) is 19.1. The van der Waals surface area contributed by atoms with Crippen molar-refractivity contribution in [1.29, 1.82) is 0 Å². The smallest absolute Gasteiger partial charge is 0.412 e. The molecule has 3 fully saturated rings. The number of nitrogens with zero attached hydrogens (tertiary/aromatic N) is 2. The fraction of sp³-hybridized carbons (Fsp3) is 0.474. The Morgan fingerprint density at radius 1 is 1.44 bits per heavy atom. The number of aryl methyl sites for hydroxylation is 1. The van der Waals surface area contributed by atoms with Gasteiger partial charge in [0.05, 0.1) is 11.0 Å². The van der Waals surface area contributed by atoms with Gasteiger partial charge in [0.1, 0.15) is 6.10 Å². The molecule has 25 heavy (non-hydrogen) atoms. The minimum absolute atomic E-state index is 0.0521. The summed E-state index contributed by atoms with van der Waals surface area (Å²) in [6, 6.07) is 6.28. The molecule has 0 saturated carbocycles. The predicted octanol–water partition coefficient (Wildman–Crippen LogP) is 3.71. The molecule has 5 rings (SSSR count). The molecule has 2 unspecified atom stereocenters. The Kier molecular flexibility index (Phi) is 4.72. The Bertz CT molecular complexity index is 725. The molecule has 3 aliphatic heterocycles. The Morgan fingerprint density at radius 2 is 2.28 bits per heavy atom. The van der Waals surface area contributed by atoms with Gasteiger partial charge in [-0.15, -0.1) is 11.3 Å². The third-order valence-electron chi connectivity index (χ3n) is 5.25. The monoisotopic (exact) mass is 357 g/mol. The zero-order chi connectivity index (χ0) is 17.2. The van der Waals surface area contributed by atoms with Crippen LogP contribution in [0, 0.1) is 12.8 Å². The molecule has 2 aromatic rings. The lowest BCUT2D eigenvalue weighted by atomic mass is 9.78. The minimum atomic E-state index is -0.336. The van der Waals surface area contributed by atoms with Crippen LogP contribution in [0.2, 0.25) is 0 Å². The zero-order valence-electron chi connectivity index (χ0n) is 14.4. The van der Waals surface area contributed by atoms with Crippen molar-refractivity contribution in [2.24, 2.45) is 5.92 Å². The third kappa shape index (κ3) is 3.70. The summed E-state index contributed by atoms with van der Waals surface area (Å²) >= 11 is 1.53. The number of anilines is 1. The summed E-state index contributed by atoms with van der Waals surface area (Å²) < 4.78 is 5.92. The number of aromatic nitrogens is 1. The quantitative estimate of drug-likeness (QED) is 0.906. The lowest BCUT2D eigenvalue weighted by Crippen LogP contribution is -2.60. The number of thiophene rings is 1. The van der Waals surface area contributed by atoms with Gasteiger partial charge in [-0.1, -0.05) is 6.07 Å². The van der Waals surface area contributed by atoms with Crippen molar-refractivity contribution < 1.29 is 9.53 Å². The lowest BCUT2D eigenvalue weighted by molar-refractivity contribution is -0.0741. The first kappa shape index (κ1) is 16.5. The molecule has 132 valence electrons. The van der Waals surface area contributed by atoms with E-state index in [0.717, 1.165) is 42.9 Å². The Labute approximate surface area is 152 Å². The van der Waals surface area contributed by atoms with Gasteiger partial charge in [-0.05, 0) is 67.9 Å². The first-order valence-corrected chi connectivity index (χ1v) is 9.73. The maximum Gasteiger partial charge on any atom is 0.412 e. The van der Waals surface area contributed by atoms with Crippen LogP contribution in [-0.2, 0) is 11.2 Å². The molecule has 1 amide bonds. The number of fused-ring (bicyclic) bond motifs is 3. The fourth-order valence-electron chi connectivity index (χ4n) is 4.03. The maximum absolute atomic E-state index is 12.4. The van der Waals surface area contributed by atoms with E-state index in [1.807, 2.05) is 30.6 Å². The van der Waals surface area contributed by atoms with Gasteiger partial charge in [0.25, 0.3) is 0 Å². The van der Waals surface area contributed by atoms with Gasteiger partial charge in [0.15, 0.2) is 0 Å². The molecule has 0 radical (unpaired) electrons. The van der Waals surface area contributed by atoms with Gasteiger partial charge in [0.2, 0.25) is 0 Å². The Balaban J connectivity index is 1.46. The first-order valence-electron chi connectivity index (χ1n) is 8.85. The second-order valence-corrected chi connectivity index (χ2v) is 7.90. The van der Waals surface area contributed by atoms with E-state index in [4.69, 9.17) is 4.74 Å². The molecule has 1 N–H and O–H groups in total. The highest BCUT2D eigenvalue weighted by Gasteiger charge is 2.44. The normalized spacial score (nSPS) is 27.9. The largest absolute Gasteiger partial charge is 0.444 e. The molecular weight excluding hydrogens is 334 g/mol. The zero-order valence-corrected chi connectivity index (χ0v) is 15.2. The average Bonchev–Trinajstić information content (AvgIpc) is 3.03. The molecule has 3 aliphatic rings. The summed E-state index contributed by atoms with van der Waals surface area (Å²) in [5.41, 5.74) is 2.35. The number of carbonyl (C=O) groups is 1. The van der Waals surface area contributed by atoms with Crippen molar-refractivity contribution in [2.75, 3.05) is 18.4 Å². The fourth-order valence-corrected chi connectivity index (χ4v) is 4.81. The highest BCUT2D eigenvalue weighted by molar-refractivity contribution is 7.14. The molecule has 2 aromatic heterocycles. The molecule has 2 bridgehead atoms. The molecule has 2 atom stereocenters. The van der Waals surface area contributed by atoms with E-state index < -0.39 is 0 Å². The molecule has 3 saturated heterocycles. The van der Waals surface area contributed by atoms with Crippen LogP contribution in [0.4, 0.5) is 9.80 Å². The maximum atomic E-state index is 12.4. The molecule has 0 aliphatic carbocycles. The molecule has 0 aromatic carbocycles. The van der Waals surface area contributed by atoms with Gasteiger partial charge >= 0.3 is 6.09 Å². The summed E-state index contributed by atoms with van der Waals surface area (Å²) in [5, 5.41) is 5.74. The standard InChI is InChI=1S/C19H23N3O2S/c1-13-9-17(25-12-13)21-19(23)24-18-15-4-7-22(8-5-15)16(18)10-14-3-2-6-20-11-14/h2-3,6,9,11-12,15-16,18H,4-5,7-8,10H2,1H3,(H,21,23). The minimum Gasteiger partial charge on any atom is -0.444 e. The van der Waals surface area contributed by atoms with Crippen LogP contribution in [0.15, 0.2) is 36.0 Å². The van der Waals surface area contributed by atoms with Crippen LogP contribution >= 0.6 is 11.3 Å². The SMILES string of the molecule is Cc1csc(NC(=O)OC2C3CCN(CC3)C2Cc2cccnc2)c1. The molecule has 5 nitrogen and oxygen atoms in total. The van der Waals surface area contributed by atoms with E-state index >= 15 is 0 Å². The molecule has 5 heterocycles. The topological polar surface area (TPSA) is 54.5 Å². The number of ether oxygens (including phenoxy) is 1. The second-order valence-electron chi connectivity index (χ2n) is 6.99. The Morgan fingerprint density at radius 3 is 2.96 bits per heavy atom. The average molecular weight is 357 g/mol. The number of nitrogens with one attached hydrogen (secondary N) is 1. The second kappa shape index (κ2) is 7.14. The molecule has 6 heteroatoms. The van der Waals surface area contributed by atoms with Crippen molar-refractivity contribution in [3.8, 4) is 0 Å². The van der Waals surface area contributed by atoms with E-state index in [2.05, 4.69) is 21.3 Å². The lowest BCUT2D eigenvalue weighted by Gasteiger charge is -2.50. The van der Waals surface area contributed by atoms with Gasteiger partial charge in [-0.3, -0.25) is 15.2 Å². The van der Waals surface area contributed by atoms with E-state index in [9.17, 15) is 4.79 Å². The van der Waals surface area contributed by atoms with E-state index in [-0.39, 0.29) is 18.2 Å². The number of carbonyl (C=O) groups excluding carboxylic acids is 1. The van der Waals surface area contributed by atoms with Crippen LogP contribution in [0.5, 0.6) is 0 Å². The van der Waals surface area contributed by atoms with Crippen LogP contribution in [0.3, 0.4) is 0 Å². The number of pyridine rings is 1. The van der Waals surface area contributed by atoms with Crippen molar-refractivity contribution in [2.45, 2.75) is 38.3 Å². The summed E-state index contributed by atoms with van der Waals surface area (Å²) in [5.74, 6) is 0.461. The van der Waals surface area contributed by atoms with Crippen molar-refractivity contribution >= 4 is 22.4 Å².